The second-order valence-electron chi connectivity index (χ2n) is 3.23. The zero-order chi connectivity index (χ0) is 10.8. The van der Waals surface area contributed by atoms with Crippen LogP contribution in [0.3, 0.4) is 0 Å². The van der Waals surface area contributed by atoms with Gasteiger partial charge in [-0.25, -0.2) is 8.42 Å². The summed E-state index contributed by atoms with van der Waals surface area (Å²) in [7, 11) is 1.53. The lowest BCUT2D eigenvalue weighted by Crippen LogP contribution is -2.04. The quantitative estimate of drug-likeness (QED) is 0.753. The molecule has 0 bridgehead atoms. The van der Waals surface area contributed by atoms with E-state index in [0.29, 0.717) is 0 Å². The summed E-state index contributed by atoms with van der Waals surface area (Å²) in [6.07, 6.45) is 4.73. The molecular weight excluding hydrogens is 224 g/mol. The molecule has 1 rings (SSSR count). The predicted octanol–water partition coefficient (Wildman–Crippen LogP) is 2.17. The maximum absolute atomic E-state index is 10.9. The van der Waals surface area contributed by atoms with Gasteiger partial charge in [0.1, 0.15) is 4.90 Å². The van der Waals surface area contributed by atoms with Gasteiger partial charge in [0.25, 0.3) is 9.05 Å². The van der Waals surface area contributed by atoms with Crippen molar-refractivity contribution in [3.8, 4) is 0 Å². The van der Waals surface area contributed by atoms with Gasteiger partial charge in [-0.1, -0.05) is 13.3 Å². The third kappa shape index (κ3) is 2.72. The second-order valence-corrected chi connectivity index (χ2v) is 5.80. The summed E-state index contributed by atoms with van der Waals surface area (Å²) in [5, 5.41) is 3.95. The smallest absolute Gasteiger partial charge is 0.264 e. The van der Waals surface area contributed by atoms with Crippen LogP contribution >= 0.6 is 10.7 Å². The number of hydrogen-bond donors (Lipinski definition) is 0. The van der Waals surface area contributed by atoms with E-state index in [-0.39, 0.29) is 10.9 Å². The van der Waals surface area contributed by atoms with Crippen molar-refractivity contribution in [2.24, 2.45) is 0 Å². The fourth-order valence-corrected chi connectivity index (χ4v) is 1.88. The zero-order valence-corrected chi connectivity index (χ0v) is 9.72. The van der Waals surface area contributed by atoms with E-state index >= 15 is 0 Å². The van der Waals surface area contributed by atoms with Crippen LogP contribution in [-0.4, -0.2) is 18.2 Å². The first-order valence-corrected chi connectivity index (χ1v) is 6.75. The number of aromatic nitrogens is 2. The zero-order valence-electron chi connectivity index (χ0n) is 8.14. The van der Waals surface area contributed by atoms with Gasteiger partial charge in [0.05, 0.1) is 6.20 Å². The highest BCUT2D eigenvalue weighted by atomic mass is 35.7. The van der Waals surface area contributed by atoms with E-state index in [2.05, 4.69) is 12.0 Å². The van der Waals surface area contributed by atoms with Crippen molar-refractivity contribution in [2.75, 3.05) is 0 Å². The Morgan fingerprint density at radius 2 is 2.29 bits per heavy atom. The average molecular weight is 237 g/mol. The van der Waals surface area contributed by atoms with Crippen LogP contribution in [0.4, 0.5) is 0 Å². The van der Waals surface area contributed by atoms with Gasteiger partial charge < -0.3 is 0 Å². The second kappa shape index (κ2) is 4.31. The highest BCUT2D eigenvalue weighted by Gasteiger charge is 2.14. The van der Waals surface area contributed by atoms with E-state index in [1.54, 1.807) is 4.68 Å². The van der Waals surface area contributed by atoms with Crippen LogP contribution in [0.2, 0.25) is 0 Å². The largest absolute Gasteiger partial charge is 0.269 e. The maximum Gasteiger partial charge on any atom is 0.264 e. The molecule has 0 aliphatic rings. The standard InChI is InChI=1S/C8H13ClN2O2S/c1-3-4-7(2)11-6-8(5-10-11)14(9,12)13/h5-7H,3-4H2,1-2H3. The van der Waals surface area contributed by atoms with Crippen LogP contribution < -0.4 is 0 Å². The van der Waals surface area contributed by atoms with E-state index in [1.165, 1.54) is 12.4 Å². The topological polar surface area (TPSA) is 52.0 Å². The van der Waals surface area contributed by atoms with E-state index < -0.39 is 9.05 Å². The first-order chi connectivity index (χ1) is 6.45. The van der Waals surface area contributed by atoms with E-state index in [1.807, 2.05) is 6.92 Å². The first kappa shape index (κ1) is 11.5. The minimum atomic E-state index is -3.64. The normalized spacial score (nSPS) is 14.2. The van der Waals surface area contributed by atoms with Crippen LogP contribution in [0.15, 0.2) is 17.3 Å². The third-order valence-electron chi connectivity index (χ3n) is 2.02. The first-order valence-electron chi connectivity index (χ1n) is 4.44. The summed E-state index contributed by atoms with van der Waals surface area (Å²) in [5.74, 6) is 0. The van der Waals surface area contributed by atoms with Gasteiger partial charge in [0, 0.05) is 22.9 Å². The third-order valence-corrected chi connectivity index (χ3v) is 3.33. The Morgan fingerprint density at radius 1 is 1.64 bits per heavy atom. The van der Waals surface area contributed by atoms with Crippen molar-refractivity contribution in [1.29, 1.82) is 0 Å². The molecule has 0 radical (unpaired) electrons. The summed E-state index contributed by atoms with van der Waals surface area (Å²) in [6.45, 7) is 4.06. The summed E-state index contributed by atoms with van der Waals surface area (Å²) < 4.78 is 23.5. The van der Waals surface area contributed by atoms with Gasteiger partial charge in [-0.3, -0.25) is 4.68 Å². The minimum absolute atomic E-state index is 0.0575. The summed E-state index contributed by atoms with van der Waals surface area (Å²) in [5.41, 5.74) is 0. The Bertz CT molecular complexity index is 399. The van der Waals surface area contributed by atoms with Gasteiger partial charge in [-0.2, -0.15) is 5.10 Å². The van der Waals surface area contributed by atoms with Gasteiger partial charge in [0.15, 0.2) is 0 Å². The van der Waals surface area contributed by atoms with Crippen molar-refractivity contribution in [2.45, 2.75) is 37.6 Å². The number of nitrogens with zero attached hydrogens (tertiary/aromatic N) is 2. The fraction of sp³-hybridized carbons (Fsp3) is 0.625. The van der Waals surface area contributed by atoms with E-state index in [9.17, 15) is 8.42 Å². The van der Waals surface area contributed by atoms with Crippen LogP contribution in [-0.2, 0) is 9.05 Å². The molecule has 0 fully saturated rings. The summed E-state index contributed by atoms with van der Waals surface area (Å²) >= 11 is 0. The number of hydrogen-bond acceptors (Lipinski definition) is 3. The Kier molecular flexibility index (Phi) is 3.55. The Labute approximate surface area is 88.3 Å². The Balaban J connectivity index is 2.88. The molecule has 0 N–H and O–H groups in total. The van der Waals surface area contributed by atoms with Gasteiger partial charge in [0.2, 0.25) is 0 Å². The van der Waals surface area contributed by atoms with Gasteiger partial charge in [-0.15, -0.1) is 0 Å². The Hall–Kier alpha value is -0.550. The number of rotatable bonds is 4. The van der Waals surface area contributed by atoms with Crippen molar-refractivity contribution in [3.63, 3.8) is 0 Å². The molecule has 1 aromatic rings. The molecule has 1 unspecified atom stereocenters. The molecule has 1 aromatic heterocycles. The number of halogens is 1. The van der Waals surface area contributed by atoms with Crippen LogP contribution in [0, 0.1) is 0 Å². The van der Waals surface area contributed by atoms with E-state index in [4.69, 9.17) is 10.7 Å². The SMILES string of the molecule is CCCC(C)n1cc(S(=O)(=O)Cl)cn1. The molecule has 1 atom stereocenters. The highest BCUT2D eigenvalue weighted by Crippen LogP contribution is 2.17. The van der Waals surface area contributed by atoms with Crippen molar-refractivity contribution < 1.29 is 8.42 Å². The van der Waals surface area contributed by atoms with Crippen LogP contribution in [0.25, 0.3) is 0 Å². The lowest BCUT2D eigenvalue weighted by molar-refractivity contribution is 0.454. The maximum atomic E-state index is 10.9. The molecule has 0 saturated carbocycles. The fourth-order valence-electron chi connectivity index (χ4n) is 1.24. The molecule has 0 aliphatic carbocycles. The highest BCUT2D eigenvalue weighted by molar-refractivity contribution is 8.13. The molecule has 4 nitrogen and oxygen atoms in total. The summed E-state index contributed by atoms with van der Waals surface area (Å²) in [6, 6.07) is 0.201. The average Bonchev–Trinajstić information content (AvgIpc) is 2.51. The minimum Gasteiger partial charge on any atom is -0.269 e. The van der Waals surface area contributed by atoms with Crippen LogP contribution in [0.1, 0.15) is 32.7 Å². The van der Waals surface area contributed by atoms with Crippen molar-refractivity contribution >= 4 is 19.7 Å². The molecule has 6 heteroatoms. The Morgan fingerprint density at radius 3 is 2.71 bits per heavy atom. The molecule has 0 saturated heterocycles. The van der Waals surface area contributed by atoms with Gasteiger partial charge in [-0.05, 0) is 13.3 Å². The van der Waals surface area contributed by atoms with Gasteiger partial charge >= 0.3 is 0 Å². The molecular formula is C8H13ClN2O2S. The van der Waals surface area contributed by atoms with Crippen molar-refractivity contribution in [1.82, 2.24) is 9.78 Å². The molecule has 0 amide bonds. The molecule has 1 heterocycles. The molecule has 14 heavy (non-hydrogen) atoms. The van der Waals surface area contributed by atoms with Crippen molar-refractivity contribution in [3.05, 3.63) is 12.4 Å². The van der Waals surface area contributed by atoms with E-state index in [0.717, 1.165) is 12.8 Å². The lowest BCUT2D eigenvalue weighted by Gasteiger charge is -2.09. The molecule has 80 valence electrons. The summed E-state index contributed by atoms with van der Waals surface area (Å²) in [4.78, 5) is 0.0575. The van der Waals surface area contributed by atoms with Crippen LogP contribution in [0.5, 0.6) is 0 Å². The molecule has 0 aromatic carbocycles. The predicted molar refractivity (Wildman–Crippen MR) is 54.9 cm³/mol. The lowest BCUT2D eigenvalue weighted by atomic mass is 10.2. The molecule has 0 aliphatic heterocycles. The monoisotopic (exact) mass is 236 g/mol. The molecule has 0 spiro atoms.